The zero-order chi connectivity index (χ0) is 12.3. The first-order valence-electron chi connectivity index (χ1n) is 5.33. The molecule has 17 heavy (non-hydrogen) atoms. The number of aldehydes is 1. The summed E-state index contributed by atoms with van der Waals surface area (Å²) < 4.78 is 5.53. The first-order valence-corrected chi connectivity index (χ1v) is 5.33. The number of carbonyl (C=O) groups is 1. The Morgan fingerprint density at radius 3 is 2.53 bits per heavy atom. The molecule has 0 saturated carbocycles. The van der Waals surface area contributed by atoms with Crippen LogP contribution in [0.4, 0.5) is 0 Å². The number of benzene rings is 1. The molecule has 2 aromatic rings. The summed E-state index contributed by atoms with van der Waals surface area (Å²) in [6.07, 6.45) is 0.815. The number of H-pyrrole nitrogens is 1. The van der Waals surface area contributed by atoms with Crippen molar-refractivity contribution in [2.75, 3.05) is 0 Å². The molecule has 0 saturated heterocycles. The number of nitrogens with one attached hydrogen (secondary N) is 1. The molecule has 1 heterocycles. The van der Waals surface area contributed by atoms with Gasteiger partial charge in [-0.2, -0.15) is 15.4 Å². The van der Waals surface area contributed by atoms with E-state index in [4.69, 9.17) is 4.74 Å². The zero-order valence-electron chi connectivity index (χ0n) is 9.68. The Morgan fingerprint density at radius 1 is 1.24 bits per heavy atom. The van der Waals surface area contributed by atoms with Crippen molar-refractivity contribution in [2.24, 2.45) is 0 Å². The summed E-state index contributed by atoms with van der Waals surface area (Å²) in [5, 5.41) is 10.1. The molecular weight excluding hydrogens is 218 g/mol. The third-order valence-electron chi connectivity index (χ3n) is 2.19. The van der Waals surface area contributed by atoms with Gasteiger partial charge < -0.3 is 4.74 Å². The number of ether oxygens (including phenoxy) is 1. The van der Waals surface area contributed by atoms with E-state index in [2.05, 4.69) is 15.4 Å². The minimum atomic E-state index is 0.137. The lowest BCUT2D eigenvalue weighted by Crippen LogP contribution is -2.05. The van der Waals surface area contributed by atoms with Crippen LogP contribution in [0.25, 0.3) is 11.3 Å². The van der Waals surface area contributed by atoms with Crippen LogP contribution >= 0.6 is 0 Å². The van der Waals surface area contributed by atoms with Crippen molar-refractivity contribution in [3.8, 4) is 17.0 Å². The smallest absolute Gasteiger partial charge is 0.172 e. The van der Waals surface area contributed by atoms with E-state index in [9.17, 15) is 4.79 Å². The predicted octanol–water partition coefficient (Wildman–Crippen LogP) is 2.07. The van der Waals surface area contributed by atoms with Crippen molar-refractivity contribution >= 4 is 6.29 Å². The van der Waals surface area contributed by atoms with E-state index in [1.165, 1.54) is 0 Å². The van der Waals surface area contributed by atoms with Gasteiger partial charge in [0.2, 0.25) is 0 Å². The number of aromatic amines is 1. The molecule has 0 aliphatic heterocycles. The van der Waals surface area contributed by atoms with Crippen molar-refractivity contribution < 1.29 is 9.53 Å². The fourth-order valence-electron chi connectivity index (χ4n) is 1.50. The summed E-state index contributed by atoms with van der Waals surface area (Å²) in [6.45, 7) is 3.94. The van der Waals surface area contributed by atoms with Crippen molar-refractivity contribution in [1.82, 2.24) is 15.4 Å². The van der Waals surface area contributed by atoms with Gasteiger partial charge in [-0.15, -0.1) is 0 Å². The highest BCUT2D eigenvalue weighted by atomic mass is 16.5. The van der Waals surface area contributed by atoms with Gasteiger partial charge in [-0.25, -0.2) is 0 Å². The van der Waals surface area contributed by atoms with Gasteiger partial charge in [0.1, 0.15) is 11.4 Å². The van der Waals surface area contributed by atoms with E-state index in [1.807, 2.05) is 38.1 Å². The molecule has 1 aromatic carbocycles. The van der Waals surface area contributed by atoms with Crippen LogP contribution in [0, 0.1) is 0 Å². The molecule has 1 aromatic heterocycles. The van der Waals surface area contributed by atoms with Crippen LogP contribution in [0.3, 0.4) is 0 Å². The van der Waals surface area contributed by atoms with Crippen LogP contribution in [0.15, 0.2) is 24.3 Å². The van der Waals surface area contributed by atoms with Crippen LogP contribution in [0.5, 0.6) is 5.75 Å². The number of hydrogen-bond acceptors (Lipinski definition) is 4. The molecule has 0 atom stereocenters. The molecule has 0 unspecified atom stereocenters. The predicted molar refractivity (Wildman–Crippen MR) is 63.0 cm³/mol. The summed E-state index contributed by atoms with van der Waals surface area (Å²) >= 11 is 0. The van der Waals surface area contributed by atoms with Crippen molar-refractivity contribution in [3.63, 3.8) is 0 Å². The average molecular weight is 231 g/mol. The molecule has 2 rings (SSSR count). The monoisotopic (exact) mass is 231 g/mol. The van der Waals surface area contributed by atoms with E-state index in [0.717, 1.165) is 11.3 Å². The Morgan fingerprint density at radius 2 is 1.94 bits per heavy atom. The first-order chi connectivity index (χ1) is 8.20. The molecule has 5 heteroatoms. The maximum Gasteiger partial charge on any atom is 0.172 e. The van der Waals surface area contributed by atoms with E-state index in [1.54, 1.807) is 0 Å². The second-order valence-electron chi connectivity index (χ2n) is 3.87. The zero-order valence-corrected chi connectivity index (χ0v) is 9.68. The largest absolute Gasteiger partial charge is 0.491 e. The van der Waals surface area contributed by atoms with Crippen LogP contribution in [-0.4, -0.2) is 27.8 Å². The second kappa shape index (κ2) is 4.78. The SMILES string of the molecule is CC(C)Oc1ccc(-c2n[nH]nc2C=O)cc1. The molecule has 0 aliphatic carbocycles. The van der Waals surface area contributed by atoms with Gasteiger partial charge in [-0.1, -0.05) is 0 Å². The summed E-state index contributed by atoms with van der Waals surface area (Å²) in [4.78, 5) is 10.7. The third kappa shape index (κ3) is 2.50. The lowest BCUT2D eigenvalue weighted by Gasteiger charge is -2.09. The fraction of sp³-hybridized carbons (Fsp3) is 0.250. The number of rotatable bonds is 4. The van der Waals surface area contributed by atoms with Crippen molar-refractivity contribution in [2.45, 2.75) is 20.0 Å². The van der Waals surface area contributed by atoms with Gasteiger partial charge in [0, 0.05) is 5.56 Å². The van der Waals surface area contributed by atoms with Gasteiger partial charge in [-0.05, 0) is 38.1 Å². The van der Waals surface area contributed by atoms with Crippen LogP contribution in [-0.2, 0) is 0 Å². The highest BCUT2D eigenvalue weighted by Crippen LogP contribution is 2.22. The van der Waals surface area contributed by atoms with E-state index < -0.39 is 0 Å². The van der Waals surface area contributed by atoms with Crippen molar-refractivity contribution in [3.05, 3.63) is 30.0 Å². The average Bonchev–Trinajstić information content (AvgIpc) is 2.77. The van der Waals surface area contributed by atoms with Crippen molar-refractivity contribution in [1.29, 1.82) is 0 Å². The molecule has 0 radical (unpaired) electrons. The fourth-order valence-corrected chi connectivity index (χ4v) is 1.50. The molecule has 0 fully saturated rings. The van der Waals surface area contributed by atoms with Crippen LogP contribution in [0.2, 0.25) is 0 Å². The standard InChI is InChI=1S/C12H13N3O2/c1-8(2)17-10-5-3-9(4-6-10)12-11(7-16)13-15-14-12/h3-8H,1-2H3,(H,13,14,15). The third-order valence-corrected chi connectivity index (χ3v) is 2.19. The maximum atomic E-state index is 10.7. The van der Waals surface area contributed by atoms with Gasteiger partial charge in [0.15, 0.2) is 12.0 Å². The number of hydrogen-bond donors (Lipinski definition) is 1. The Hall–Kier alpha value is -2.17. The Bertz CT molecular complexity index is 503. The number of aromatic nitrogens is 3. The molecule has 88 valence electrons. The molecular formula is C12H13N3O2. The maximum absolute atomic E-state index is 10.7. The quantitative estimate of drug-likeness (QED) is 0.818. The normalized spacial score (nSPS) is 10.5. The number of nitrogens with zero attached hydrogens (tertiary/aromatic N) is 2. The Balaban J connectivity index is 2.26. The van der Waals surface area contributed by atoms with Crippen LogP contribution < -0.4 is 4.74 Å². The van der Waals surface area contributed by atoms with Gasteiger partial charge in [0.25, 0.3) is 0 Å². The van der Waals surface area contributed by atoms with Crippen LogP contribution in [0.1, 0.15) is 24.3 Å². The van der Waals surface area contributed by atoms with Gasteiger partial charge in [0.05, 0.1) is 6.10 Å². The summed E-state index contributed by atoms with van der Waals surface area (Å²) in [7, 11) is 0. The molecule has 0 bridgehead atoms. The molecule has 1 N–H and O–H groups in total. The van der Waals surface area contributed by atoms with Gasteiger partial charge >= 0.3 is 0 Å². The minimum Gasteiger partial charge on any atom is -0.491 e. The Labute approximate surface area is 98.8 Å². The highest BCUT2D eigenvalue weighted by molar-refractivity contribution is 5.82. The van der Waals surface area contributed by atoms with Gasteiger partial charge in [-0.3, -0.25) is 4.79 Å². The lowest BCUT2D eigenvalue weighted by molar-refractivity contribution is 0.111. The first kappa shape index (κ1) is 11.3. The minimum absolute atomic E-state index is 0.137. The lowest BCUT2D eigenvalue weighted by atomic mass is 10.1. The number of carbonyl (C=O) groups excluding carboxylic acids is 1. The molecule has 5 nitrogen and oxygen atoms in total. The summed E-state index contributed by atoms with van der Waals surface area (Å²) in [6, 6.07) is 7.39. The summed E-state index contributed by atoms with van der Waals surface area (Å²) in [5.74, 6) is 0.792. The van der Waals surface area contributed by atoms with E-state index in [0.29, 0.717) is 17.7 Å². The van der Waals surface area contributed by atoms with E-state index >= 15 is 0 Å². The molecule has 0 amide bonds. The van der Waals surface area contributed by atoms with E-state index in [-0.39, 0.29) is 6.10 Å². The Kier molecular flexibility index (Phi) is 3.18. The topological polar surface area (TPSA) is 67.9 Å². The second-order valence-corrected chi connectivity index (χ2v) is 3.87. The summed E-state index contributed by atoms with van der Waals surface area (Å²) in [5.41, 5.74) is 1.69. The molecule has 0 aliphatic rings. The molecule has 0 spiro atoms. The highest BCUT2D eigenvalue weighted by Gasteiger charge is 2.09.